The second kappa shape index (κ2) is 6.32. The molecule has 0 aliphatic heterocycles. The number of aryl methyl sites for hydroxylation is 1. The first-order chi connectivity index (χ1) is 12.1. The number of carbonyl (C=O) groups excluding carboxylic acids is 1. The zero-order valence-corrected chi connectivity index (χ0v) is 16.0. The van der Waals surface area contributed by atoms with Crippen LogP contribution in [0.2, 0.25) is 0 Å². The van der Waals surface area contributed by atoms with Crippen LogP contribution in [0, 0.1) is 18.2 Å². The number of hydrogen-bond donors (Lipinski definition) is 2. The lowest BCUT2D eigenvalue weighted by Gasteiger charge is -2.58. The molecule has 7 heteroatoms. The third-order valence-electron chi connectivity index (χ3n) is 5.56. The maximum atomic E-state index is 13.5. The van der Waals surface area contributed by atoms with Gasteiger partial charge in [-0.15, -0.1) is 11.3 Å². The van der Waals surface area contributed by atoms with Gasteiger partial charge in [-0.2, -0.15) is 0 Å². The number of carbonyl (C=O) groups is 2. The van der Waals surface area contributed by atoms with Crippen molar-refractivity contribution in [1.29, 1.82) is 0 Å². The van der Waals surface area contributed by atoms with Crippen LogP contribution in [0.15, 0.2) is 18.2 Å². The number of nitrogens with one attached hydrogen (secondary N) is 1. The summed E-state index contributed by atoms with van der Waals surface area (Å²) in [6.07, 6.45) is -0.0190. The van der Waals surface area contributed by atoms with Gasteiger partial charge >= 0.3 is 5.97 Å². The molecule has 1 aliphatic carbocycles. The van der Waals surface area contributed by atoms with Crippen LogP contribution in [-0.2, 0) is 9.53 Å². The first-order valence-electron chi connectivity index (χ1n) is 8.50. The van der Waals surface area contributed by atoms with Gasteiger partial charge in [-0.1, -0.05) is 13.8 Å². The molecule has 1 saturated carbocycles. The van der Waals surface area contributed by atoms with Crippen LogP contribution in [0.1, 0.15) is 42.4 Å². The fraction of sp³-hybridized carbons (Fsp3) is 0.474. The number of carboxylic acids is 1. The molecule has 1 aliphatic rings. The Hall–Kier alpha value is -1.99. The van der Waals surface area contributed by atoms with Gasteiger partial charge in [0.2, 0.25) is 0 Å². The number of hydrogen-bond acceptors (Lipinski definition) is 4. The van der Waals surface area contributed by atoms with Crippen LogP contribution in [-0.4, -0.2) is 35.2 Å². The second-order valence-electron chi connectivity index (χ2n) is 7.23. The molecule has 2 aromatic rings. The van der Waals surface area contributed by atoms with Crippen LogP contribution in [0.25, 0.3) is 10.1 Å². The molecule has 0 bridgehead atoms. The van der Waals surface area contributed by atoms with Crippen LogP contribution in [0.3, 0.4) is 0 Å². The Bertz CT molecular complexity index is 891. The molecule has 0 spiro atoms. The van der Waals surface area contributed by atoms with Gasteiger partial charge in [0.25, 0.3) is 5.91 Å². The summed E-state index contributed by atoms with van der Waals surface area (Å²) in [7, 11) is 0. The Morgan fingerprint density at radius 3 is 2.69 bits per heavy atom. The van der Waals surface area contributed by atoms with E-state index in [0.29, 0.717) is 22.4 Å². The van der Waals surface area contributed by atoms with Crippen molar-refractivity contribution >= 4 is 33.3 Å². The van der Waals surface area contributed by atoms with Crippen molar-refractivity contribution < 1.29 is 23.8 Å². The highest BCUT2D eigenvalue weighted by atomic mass is 32.1. The molecule has 2 N–H and O–H groups in total. The summed E-state index contributed by atoms with van der Waals surface area (Å²) in [6.45, 7) is 7.67. The fourth-order valence-electron chi connectivity index (χ4n) is 3.70. The highest BCUT2D eigenvalue weighted by Gasteiger charge is 2.66. The van der Waals surface area contributed by atoms with E-state index in [-0.39, 0.29) is 18.3 Å². The zero-order valence-electron chi connectivity index (χ0n) is 15.2. The van der Waals surface area contributed by atoms with E-state index >= 15 is 0 Å². The van der Waals surface area contributed by atoms with Gasteiger partial charge in [0.05, 0.1) is 11.0 Å². The minimum Gasteiger partial charge on any atom is -0.479 e. The molecule has 1 fully saturated rings. The predicted molar refractivity (Wildman–Crippen MR) is 98.2 cm³/mol. The number of amides is 1. The van der Waals surface area contributed by atoms with Crippen molar-refractivity contribution in [2.45, 2.75) is 45.8 Å². The van der Waals surface area contributed by atoms with E-state index < -0.39 is 22.8 Å². The standard InChI is InChI=1S/C19H22FNO4S/c1-5-25-14-9-19(17(23)24,18(14,3)4)21-16(22)15-10(2)12-8-11(20)6-7-13(12)26-15/h6-8,14H,5,9H2,1-4H3,(H,21,22)(H,23,24). The molecule has 140 valence electrons. The van der Waals surface area contributed by atoms with Crippen molar-refractivity contribution in [3.8, 4) is 0 Å². The molecule has 0 saturated heterocycles. The van der Waals surface area contributed by atoms with E-state index in [1.54, 1.807) is 26.8 Å². The van der Waals surface area contributed by atoms with Gasteiger partial charge in [-0.3, -0.25) is 4.79 Å². The molecule has 0 radical (unpaired) electrons. The van der Waals surface area contributed by atoms with Crippen LogP contribution in [0.5, 0.6) is 0 Å². The minimum atomic E-state index is -1.39. The molecule has 1 aromatic heterocycles. The highest BCUT2D eigenvalue weighted by molar-refractivity contribution is 7.21. The lowest BCUT2D eigenvalue weighted by Crippen LogP contribution is -2.76. The topological polar surface area (TPSA) is 75.6 Å². The Labute approximate surface area is 155 Å². The summed E-state index contributed by atoms with van der Waals surface area (Å²) >= 11 is 1.24. The van der Waals surface area contributed by atoms with Crippen molar-refractivity contribution in [3.05, 3.63) is 34.5 Å². The van der Waals surface area contributed by atoms with E-state index in [9.17, 15) is 19.1 Å². The number of rotatable bonds is 5. The maximum absolute atomic E-state index is 13.5. The van der Waals surface area contributed by atoms with Crippen LogP contribution < -0.4 is 5.32 Å². The summed E-state index contributed by atoms with van der Waals surface area (Å²) in [4.78, 5) is 25.3. The number of benzene rings is 1. The molecule has 1 amide bonds. The van der Waals surface area contributed by atoms with E-state index in [2.05, 4.69) is 5.32 Å². The molecule has 1 aromatic carbocycles. The van der Waals surface area contributed by atoms with Gasteiger partial charge in [-0.25, -0.2) is 9.18 Å². The second-order valence-corrected chi connectivity index (χ2v) is 8.28. The molecule has 5 nitrogen and oxygen atoms in total. The lowest BCUT2D eigenvalue weighted by atomic mass is 9.54. The molecule has 2 atom stereocenters. The van der Waals surface area contributed by atoms with Gasteiger partial charge in [0.15, 0.2) is 0 Å². The fourth-order valence-corrected chi connectivity index (χ4v) is 4.78. The molecule has 2 unspecified atom stereocenters. The monoisotopic (exact) mass is 379 g/mol. The number of carboxylic acid groups (broad SMARTS) is 1. The Kier molecular flexibility index (Phi) is 4.56. The van der Waals surface area contributed by atoms with Gasteiger partial charge < -0.3 is 15.2 Å². The van der Waals surface area contributed by atoms with Gasteiger partial charge in [0, 0.05) is 23.1 Å². The highest BCUT2D eigenvalue weighted by Crippen LogP contribution is 2.51. The molecule has 1 heterocycles. The smallest absolute Gasteiger partial charge is 0.330 e. The third-order valence-corrected chi connectivity index (χ3v) is 6.83. The van der Waals surface area contributed by atoms with Crippen molar-refractivity contribution in [1.82, 2.24) is 5.32 Å². The van der Waals surface area contributed by atoms with Gasteiger partial charge in [0.1, 0.15) is 11.4 Å². The lowest BCUT2D eigenvalue weighted by molar-refractivity contribution is -0.190. The van der Waals surface area contributed by atoms with Crippen LogP contribution >= 0.6 is 11.3 Å². The van der Waals surface area contributed by atoms with Crippen molar-refractivity contribution in [2.75, 3.05) is 6.61 Å². The SMILES string of the molecule is CCOC1CC(NC(=O)c2sc3ccc(F)cc3c2C)(C(=O)O)C1(C)C. The van der Waals surface area contributed by atoms with E-state index in [4.69, 9.17) is 4.74 Å². The zero-order chi connectivity index (χ0) is 19.3. The Morgan fingerprint density at radius 2 is 2.12 bits per heavy atom. The molecular weight excluding hydrogens is 357 g/mol. The van der Waals surface area contributed by atoms with E-state index in [0.717, 1.165) is 4.70 Å². The van der Waals surface area contributed by atoms with Crippen molar-refractivity contribution in [3.63, 3.8) is 0 Å². The summed E-state index contributed by atoms with van der Waals surface area (Å²) in [5.41, 5.74) is -1.49. The Morgan fingerprint density at radius 1 is 1.42 bits per heavy atom. The largest absolute Gasteiger partial charge is 0.479 e. The first kappa shape index (κ1) is 18.8. The normalized spacial score (nSPS) is 24.3. The summed E-state index contributed by atoms with van der Waals surface area (Å²) in [5, 5.41) is 13.2. The van der Waals surface area contributed by atoms with E-state index in [1.807, 2.05) is 6.92 Å². The average Bonchev–Trinajstić information content (AvgIpc) is 2.90. The Balaban J connectivity index is 1.93. The average molecular weight is 379 g/mol. The van der Waals surface area contributed by atoms with Crippen LogP contribution in [0.4, 0.5) is 4.39 Å². The molecular formula is C19H22FNO4S. The molecule has 3 rings (SSSR count). The molecule has 26 heavy (non-hydrogen) atoms. The number of ether oxygens (including phenoxy) is 1. The number of aliphatic carboxylic acids is 1. The summed E-state index contributed by atoms with van der Waals surface area (Å²) in [6, 6.07) is 4.37. The predicted octanol–water partition coefficient (Wildman–Crippen LogP) is 3.74. The first-order valence-corrected chi connectivity index (χ1v) is 9.32. The van der Waals surface area contributed by atoms with Crippen molar-refractivity contribution in [2.24, 2.45) is 5.41 Å². The minimum absolute atomic E-state index is 0.216. The number of halogens is 1. The summed E-state index contributed by atoms with van der Waals surface area (Å²) in [5.74, 6) is -1.89. The number of thiophene rings is 1. The summed E-state index contributed by atoms with van der Waals surface area (Å²) < 4.78 is 19.9. The van der Waals surface area contributed by atoms with Gasteiger partial charge in [-0.05, 0) is 43.0 Å². The third kappa shape index (κ3) is 2.61. The maximum Gasteiger partial charge on any atom is 0.330 e. The van der Waals surface area contributed by atoms with E-state index in [1.165, 1.54) is 23.5 Å². The number of fused-ring (bicyclic) bond motifs is 1. The quantitative estimate of drug-likeness (QED) is 0.830.